The van der Waals surface area contributed by atoms with Gasteiger partial charge in [-0.05, 0) is 31.0 Å². The average Bonchev–Trinajstić information content (AvgIpc) is 3.13. The van der Waals surface area contributed by atoms with Crippen LogP contribution in [0.1, 0.15) is 26.5 Å². The molecular weight excluding hydrogens is 399 g/mol. The zero-order chi connectivity index (χ0) is 20.1. The number of methoxy groups -OCH3 is 1. The maximum atomic E-state index is 13.9. The van der Waals surface area contributed by atoms with Crippen LogP contribution in [0.5, 0.6) is 5.75 Å². The summed E-state index contributed by atoms with van der Waals surface area (Å²) in [7, 11) is 1.39. The minimum Gasteiger partial charge on any atom is -0.495 e. The molecule has 0 aliphatic rings. The van der Waals surface area contributed by atoms with Crippen LogP contribution in [-0.2, 0) is 0 Å². The monoisotopic (exact) mass is 414 g/mol. The van der Waals surface area contributed by atoms with Gasteiger partial charge in [0, 0.05) is 29.0 Å². The van der Waals surface area contributed by atoms with Gasteiger partial charge in [0.15, 0.2) is 5.01 Å². The maximum Gasteiger partial charge on any atom is 0.338 e. The molecule has 28 heavy (non-hydrogen) atoms. The Balaban J connectivity index is 1.70. The largest absolute Gasteiger partial charge is 0.495 e. The maximum absolute atomic E-state index is 13.9. The van der Waals surface area contributed by atoms with E-state index in [0.29, 0.717) is 15.7 Å². The van der Waals surface area contributed by atoms with E-state index in [9.17, 15) is 9.18 Å². The summed E-state index contributed by atoms with van der Waals surface area (Å²) in [6, 6.07) is 10.1. The third-order valence-electron chi connectivity index (χ3n) is 3.63. The van der Waals surface area contributed by atoms with Crippen molar-refractivity contribution in [3.63, 3.8) is 0 Å². The number of hydrogen-bond donors (Lipinski definition) is 2. The van der Waals surface area contributed by atoms with Gasteiger partial charge in [-0.25, -0.2) is 14.2 Å². The van der Waals surface area contributed by atoms with Crippen LogP contribution in [0.3, 0.4) is 0 Å². The Morgan fingerprint density at radius 3 is 2.71 bits per heavy atom. The fourth-order valence-corrected chi connectivity index (χ4v) is 3.63. The number of thiazole rings is 1. The number of nitrogens with one attached hydrogen (secondary N) is 1. The summed E-state index contributed by atoms with van der Waals surface area (Å²) in [5, 5.41) is 12.1. The molecule has 0 saturated carbocycles. The molecule has 1 heterocycles. The molecule has 0 unspecified atom stereocenters. The fraction of sp³-hybridized carbons (Fsp3) is 0.100. The van der Waals surface area contributed by atoms with Crippen molar-refractivity contribution in [1.29, 1.82) is 0 Å². The van der Waals surface area contributed by atoms with Crippen LogP contribution < -0.4 is 9.46 Å². The second kappa shape index (κ2) is 8.78. The quantitative estimate of drug-likeness (QED) is 0.461. The number of ether oxygens (including phenoxy) is 1. The third kappa shape index (κ3) is 4.82. The molecule has 5 nitrogen and oxygen atoms in total. The lowest BCUT2D eigenvalue weighted by Crippen LogP contribution is -2.03. The van der Waals surface area contributed by atoms with Gasteiger partial charge < -0.3 is 14.6 Å². The number of nitrogens with zero attached hydrogens (tertiary/aromatic N) is 1. The van der Waals surface area contributed by atoms with E-state index in [-0.39, 0.29) is 5.75 Å². The van der Waals surface area contributed by atoms with Gasteiger partial charge in [0.05, 0.1) is 18.4 Å². The van der Waals surface area contributed by atoms with Crippen LogP contribution >= 0.6 is 23.3 Å². The molecule has 2 aromatic carbocycles. The number of benzene rings is 2. The number of anilines is 1. The van der Waals surface area contributed by atoms with Gasteiger partial charge in [-0.2, -0.15) is 0 Å². The zero-order valence-electron chi connectivity index (χ0n) is 14.9. The molecule has 0 spiro atoms. The summed E-state index contributed by atoms with van der Waals surface area (Å²) in [6.45, 7) is 2.02. The van der Waals surface area contributed by atoms with Crippen molar-refractivity contribution in [2.75, 3.05) is 11.8 Å². The summed E-state index contributed by atoms with van der Waals surface area (Å²) in [5.74, 6) is 4.10. The minimum absolute atomic E-state index is 0.223. The Kier molecular flexibility index (Phi) is 6.19. The van der Waals surface area contributed by atoms with Gasteiger partial charge in [0.25, 0.3) is 0 Å². The summed E-state index contributed by atoms with van der Waals surface area (Å²) < 4.78 is 22.0. The van der Waals surface area contributed by atoms with E-state index in [1.54, 1.807) is 0 Å². The second-order valence-corrected chi connectivity index (χ2v) is 7.33. The number of aromatic carboxylic acids is 1. The summed E-state index contributed by atoms with van der Waals surface area (Å²) in [5.41, 5.74) is 1.95. The minimum atomic E-state index is -1.36. The standard InChI is InChI=1S/C20H15FN2O3S2/c1-12-3-5-13(6-4-12)7-8-18-22-19(11-27-18)28-23-16-10-15(21)14(20(24)25)9-17(16)26-2/h3-6,9-11,23H,1-2H3,(H,24,25). The van der Waals surface area contributed by atoms with Crippen molar-refractivity contribution in [3.8, 4) is 17.6 Å². The van der Waals surface area contributed by atoms with Gasteiger partial charge in [0.2, 0.25) is 0 Å². The molecule has 0 radical (unpaired) electrons. The Bertz CT molecular complexity index is 1070. The number of aromatic nitrogens is 1. The predicted molar refractivity (Wildman–Crippen MR) is 109 cm³/mol. The van der Waals surface area contributed by atoms with Gasteiger partial charge in [-0.3, -0.25) is 0 Å². The smallest absolute Gasteiger partial charge is 0.338 e. The average molecular weight is 414 g/mol. The number of carboxylic acid groups (broad SMARTS) is 1. The van der Waals surface area contributed by atoms with E-state index in [4.69, 9.17) is 9.84 Å². The van der Waals surface area contributed by atoms with Gasteiger partial charge in [-0.1, -0.05) is 23.6 Å². The summed E-state index contributed by atoms with van der Waals surface area (Å²) in [6.07, 6.45) is 0. The van der Waals surface area contributed by atoms with Crippen molar-refractivity contribution in [3.05, 3.63) is 69.3 Å². The second-order valence-electron chi connectivity index (χ2n) is 5.65. The number of carboxylic acids is 1. The van der Waals surface area contributed by atoms with Crippen molar-refractivity contribution >= 4 is 34.9 Å². The molecule has 142 valence electrons. The van der Waals surface area contributed by atoms with E-state index in [1.165, 1.54) is 24.0 Å². The molecule has 2 N–H and O–H groups in total. The van der Waals surface area contributed by atoms with Crippen LogP contribution in [0, 0.1) is 24.6 Å². The highest BCUT2D eigenvalue weighted by Crippen LogP contribution is 2.32. The first-order valence-electron chi connectivity index (χ1n) is 8.04. The number of rotatable bonds is 5. The van der Waals surface area contributed by atoms with Crippen molar-refractivity contribution in [2.24, 2.45) is 0 Å². The van der Waals surface area contributed by atoms with Gasteiger partial charge in [-0.15, -0.1) is 11.3 Å². The molecule has 0 saturated heterocycles. The normalized spacial score (nSPS) is 10.1. The first-order valence-corrected chi connectivity index (χ1v) is 9.74. The lowest BCUT2D eigenvalue weighted by Gasteiger charge is -2.11. The molecule has 0 bridgehead atoms. The lowest BCUT2D eigenvalue weighted by atomic mass is 10.2. The van der Waals surface area contributed by atoms with Crippen LogP contribution in [0.15, 0.2) is 46.8 Å². The highest BCUT2D eigenvalue weighted by Gasteiger charge is 2.16. The van der Waals surface area contributed by atoms with E-state index in [1.807, 2.05) is 36.6 Å². The first-order chi connectivity index (χ1) is 13.5. The Labute approximate surface area is 169 Å². The summed E-state index contributed by atoms with van der Waals surface area (Å²) >= 11 is 2.56. The van der Waals surface area contributed by atoms with Crippen LogP contribution in [0.25, 0.3) is 0 Å². The van der Waals surface area contributed by atoms with Crippen molar-refractivity contribution in [2.45, 2.75) is 11.9 Å². The number of halogens is 1. The van der Waals surface area contributed by atoms with E-state index in [0.717, 1.165) is 29.6 Å². The molecule has 1 aromatic heterocycles. The Hall–Kier alpha value is -3.02. The number of carbonyl (C=O) groups is 1. The topological polar surface area (TPSA) is 71.5 Å². The molecule has 3 rings (SSSR count). The summed E-state index contributed by atoms with van der Waals surface area (Å²) in [4.78, 5) is 15.4. The Morgan fingerprint density at radius 2 is 2.04 bits per heavy atom. The fourth-order valence-electron chi connectivity index (χ4n) is 2.20. The van der Waals surface area contributed by atoms with Crippen LogP contribution in [-0.4, -0.2) is 23.2 Å². The highest BCUT2D eigenvalue weighted by molar-refractivity contribution is 8.00. The zero-order valence-corrected chi connectivity index (χ0v) is 16.6. The predicted octanol–water partition coefficient (Wildman–Crippen LogP) is 4.82. The molecule has 0 fully saturated rings. The van der Waals surface area contributed by atoms with E-state index >= 15 is 0 Å². The van der Waals surface area contributed by atoms with E-state index in [2.05, 4.69) is 21.5 Å². The first kappa shape index (κ1) is 19.7. The molecule has 0 atom stereocenters. The van der Waals surface area contributed by atoms with Crippen LogP contribution in [0.4, 0.5) is 10.1 Å². The lowest BCUT2D eigenvalue weighted by molar-refractivity contribution is 0.0691. The highest BCUT2D eigenvalue weighted by atomic mass is 32.2. The number of hydrogen-bond acceptors (Lipinski definition) is 6. The Morgan fingerprint density at radius 1 is 1.29 bits per heavy atom. The third-order valence-corrected chi connectivity index (χ3v) is 5.28. The van der Waals surface area contributed by atoms with Crippen molar-refractivity contribution in [1.82, 2.24) is 4.98 Å². The van der Waals surface area contributed by atoms with E-state index < -0.39 is 17.3 Å². The van der Waals surface area contributed by atoms with Gasteiger partial charge >= 0.3 is 5.97 Å². The molecule has 8 heteroatoms. The molecule has 0 aliphatic carbocycles. The van der Waals surface area contributed by atoms with Crippen LogP contribution in [0.2, 0.25) is 0 Å². The molecule has 3 aromatic rings. The molecule has 0 amide bonds. The van der Waals surface area contributed by atoms with Crippen molar-refractivity contribution < 1.29 is 19.0 Å². The number of aryl methyl sites for hydroxylation is 1. The van der Waals surface area contributed by atoms with Gasteiger partial charge in [0.1, 0.15) is 16.6 Å². The molecule has 0 aliphatic heterocycles. The molecular formula is C20H15FN2O3S2. The SMILES string of the molecule is COc1cc(C(=O)O)c(F)cc1NSc1csc(C#Cc2ccc(C)cc2)n1.